The van der Waals surface area contributed by atoms with Gasteiger partial charge in [0.05, 0.1) is 12.4 Å². The molecule has 7 heteroatoms. The number of rotatable bonds is 5. The van der Waals surface area contributed by atoms with Crippen LogP contribution in [0.4, 0.5) is 0 Å². The van der Waals surface area contributed by atoms with Crippen LogP contribution in [0.15, 0.2) is 12.4 Å². The summed E-state index contributed by atoms with van der Waals surface area (Å²) in [5.74, 6) is -1.32. The van der Waals surface area contributed by atoms with Crippen molar-refractivity contribution in [3.05, 3.63) is 12.4 Å². The fourth-order valence-electron chi connectivity index (χ4n) is 0.810. The van der Waals surface area contributed by atoms with Gasteiger partial charge in [-0.2, -0.15) is 5.10 Å². The molecule has 0 radical (unpaired) electrons. The quantitative estimate of drug-likeness (QED) is 0.621. The number of hydrogen-bond acceptors (Lipinski definition) is 4. The van der Waals surface area contributed by atoms with Crippen LogP contribution in [0.25, 0.3) is 0 Å². The molecule has 3 N–H and O–H groups in total. The van der Waals surface area contributed by atoms with Crippen molar-refractivity contribution in [1.82, 2.24) is 9.78 Å². The number of carbonyl (C=O) groups is 2. The molecule has 1 amide bonds. The average molecular weight is 199 g/mol. The standard InChI is InChI=1S/C7H9N3O4/c8-6(11)3-10-2-5(1-9-10)14-4-7(12)13/h1-2H,3-4H2,(H2,8,11)(H,12,13). The third-order valence-electron chi connectivity index (χ3n) is 1.29. The molecule has 0 bridgehead atoms. The maximum Gasteiger partial charge on any atom is 0.341 e. The van der Waals surface area contributed by atoms with Gasteiger partial charge >= 0.3 is 5.97 Å². The largest absolute Gasteiger partial charge is 0.479 e. The molecule has 1 aromatic rings. The Morgan fingerprint density at radius 1 is 1.64 bits per heavy atom. The van der Waals surface area contributed by atoms with Crippen molar-refractivity contribution in [2.24, 2.45) is 5.73 Å². The smallest absolute Gasteiger partial charge is 0.341 e. The third kappa shape index (κ3) is 3.13. The second-order valence-corrected chi connectivity index (χ2v) is 2.52. The lowest BCUT2D eigenvalue weighted by atomic mass is 10.6. The van der Waals surface area contributed by atoms with Gasteiger partial charge in [0, 0.05) is 0 Å². The first kappa shape index (κ1) is 10.0. The van der Waals surface area contributed by atoms with E-state index in [9.17, 15) is 9.59 Å². The van der Waals surface area contributed by atoms with Crippen LogP contribution in [0.3, 0.4) is 0 Å². The Labute approximate surface area is 79.1 Å². The molecule has 1 heterocycles. The summed E-state index contributed by atoms with van der Waals surface area (Å²) in [5.41, 5.74) is 4.92. The molecule has 0 atom stereocenters. The van der Waals surface area contributed by atoms with E-state index in [-0.39, 0.29) is 12.3 Å². The summed E-state index contributed by atoms with van der Waals surface area (Å²) in [6.45, 7) is -0.501. The molecule has 1 aromatic heterocycles. The van der Waals surface area contributed by atoms with E-state index in [4.69, 9.17) is 15.6 Å². The molecule has 0 saturated carbocycles. The minimum absolute atomic E-state index is 0.0591. The predicted octanol–water partition coefficient (Wildman–Crippen LogP) is -1.17. The van der Waals surface area contributed by atoms with Crippen LogP contribution < -0.4 is 10.5 Å². The highest BCUT2D eigenvalue weighted by Gasteiger charge is 2.03. The summed E-state index contributed by atoms with van der Waals surface area (Å²) in [7, 11) is 0. The van der Waals surface area contributed by atoms with Crippen LogP contribution in [0.5, 0.6) is 5.75 Å². The Morgan fingerprint density at radius 2 is 2.36 bits per heavy atom. The minimum Gasteiger partial charge on any atom is -0.479 e. The predicted molar refractivity (Wildman–Crippen MR) is 44.6 cm³/mol. The highest BCUT2D eigenvalue weighted by molar-refractivity contribution is 5.73. The molecule has 0 aliphatic rings. The van der Waals surface area contributed by atoms with Gasteiger partial charge in [-0.3, -0.25) is 9.48 Å². The van der Waals surface area contributed by atoms with E-state index in [1.54, 1.807) is 0 Å². The van der Waals surface area contributed by atoms with Crippen molar-refractivity contribution < 1.29 is 19.4 Å². The van der Waals surface area contributed by atoms with Crippen molar-refractivity contribution in [2.75, 3.05) is 6.61 Å². The number of carboxylic acids is 1. The first-order valence-electron chi connectivity index (χ1n) is 3.73. The fourth-order valence-corrected chi connectivity index (χ4v) is 0.810. The first-order valence-corrected chi connectivity index (χ1v) is 3.73. The minimum atomic E-state index is -1.08. The zero-order chi connectivity index (χ0) is 10.6. The monoisotopic (exact) mass is 199 g/mol. The molecule has 0 saturated heterocycles. The van der Waals surface area contributed by atoms with Crippen molar-refractivity contribution in [2.45, 2.75) is 6.54 Å². The molecule has 0 spiro atoms. The zero-order valence-electron chi connectivity index (χ0n) is 7.21. The summed E-state index contributed by atoms with van der Waals surface area (Å²) >= 11 is 0. The average Bonchev–Trinajstić information content (AvgIpc) is 2.47. The number of hydrogen-bond donors (Lipinski definition) is 2. The van der Waals surface area contributed by atoms with Crippen LogP contribution in [0.1, 0.15) is 0 Å². The second kappa shape index (κ2) is 4.26. The summed E-state index contributed by atoms with van der Waals surface area (Å²) in [5, 5.41) is 12.0. The fraction of sp³-hybridized carbons (Fsp3) is 0.286. The lowest BCUT2D eigenvalue weighted by molar-refractivity contribution is -0.139. The van der Waals surface area contributed by atoms with E-state index in [0.29, 0.717) is 0 Å². The Kier molecular flexibility index (Phi) is 3.05. The third-order valence-corrected chi connectivity index (χ3v) is 1.29. The molecule has 0 unspecified atom stereocenters. The molecule has 76 valence electrons. The van der Waals surface area contributed by atoms with Crippen LogP contribution in [0, 0.1) is 0 Å². The highest BCUT2D eigenvalue weighted by atomic mass is 16.5. The van der Waals surface area contributed by atoms with Gasteiger partial charge in [0.2, 0.25) is 5.91 Å². The van der Waals surface area contributed by atoms with E-state index < -0.39 is 18.5 Å². The van der Waals surface area contributed by atoms with Crippen molar-refractivity contribution in [1.29, 1.82) is 0 Å². The van der Waals surface area contributed by atoms with Crippen molar-refractivity contribution >= 4 is 11.9 Å². The van der Waals surface area contributed by atoms with Crippen molar-refractivity contribution in [3.8, 4) is 5.75 Å². The van der Waals surface area contributed by atoms with E-state index in [0.717, 1.165) is 0 Å². The molecular weight excluding hydrogens is 190 g/mol. The van der Waals surface area contributed by atoms with Gasteiger partial charge in [-0.15, -0.1) is 0 Å². The lowest BCUT2D eigenvalue weighted by Crippen LogP contribution is -2.18. The Hall–Kier alpha value is -2.05. The Morgan fingerprint density at radius 3 is 2.93 bits per heavy atom. The van der Waals surface area contributed by atoms with Crippen LogP contribution in [-0.2, 0) is 16.1 Å². The second-order valence-electron chi connectivity index (χ2n) is 2.52. The lowest BCUT2D eigenvalue weighted by Gasteiger charge is -1.97. The maximum atomic E-state index is 10.5. The number of nitrogens with zero attached hydrogens (tertiary/aromatic N) is 2. The number of aromatic nitrogens is 2. The van der Waals surface area contributed by atoms with Gasteiger partial charge < -0.3 is 15.6 Å². The zero-order valence-corrected chi connectivity index (χ0v) is 7.21. The summed E-state index contributed by atoms with van der Waals surface area (Å²) in [6.07, 6.45) is 2.71. The number of aliphatic carboxylic acids is 1. The summed E-state index contributed by atoms with van der Waals surface area (Å²) in [6, 6.07) is 0. The molecule has 0 fully saturated rings. The number of primary amides is 1. The van der Waals surface area contributed by atoms with Gasteiger partial charge in [-0.25, -0.2) is 4.79 Å². The molecule has 0 aliphatic heterocycles. The van der Waals surface area contributed by atoms with Gasteiger partial charge in [0.1, 0.15) is 6.54 Å². The molecule has 14 heavy (non-hydrogen) atoms. The molecular formula is C7H9N3O4. The van der Waals surface area contributed by atoms with E-state index >= 15 is 0 Å². The number of ether oxygens (including phenoxy) is 1. The van der Waals surface area contributed by atoms with Crippen LogP contribution >= 0.6 is 0 Å². The topological polar surface area (TPSA) is 107 Å². The summed E-state index contributed by atoms with van der Waals surface area (Å²) < 4.78 is 6.06. The SMILES string of the molecule is NC(=O)Cn1cc(OCC(=O)O)cn1. The molecule has 7 nitrogen and oxygen atoms in total. The van der Waals surface area contributed by atoms with Gasteiger partial charge in [0.15, 0.2) is 12.4 Å². The van der Waals surface area contributed by atoms with Gasteiger partial charge in [-0.1, -0.05) is 0 Å². The number of carbonyl (C=O) groups excluding carboxylic acids is 1. The van der Waals surface area contributed by atoms with Gasteiger partial charge in [0.25, 0.3) is 0 Å². The molecule has 1 rings (SSSR count). The number of carboxylic acid groups (broad SMARTS) is 1. The first-order chi connectivity index (χ1) is 6.58. The molecule has 0 aromatic carbocycles. The Balaban J connectivity index is 2.50. The Bertz CT molecular complexity index is 346. The van der Waals surface area contributed by atoms with Crippen LogP contribution in [0.2, 0.25) is 0 Å². The van der Waals surface area contributed by atoms with Gasteiger partial charge in [-0.05, 0) is 0 Å². The number of nitrogens with two attached hydrogens (primary N) is 1. The van der Waals surface area contributed by atoms with E-state index in [1.807, 2.05) is 0 Å². The normalized spacial score (nSPS) is 9.71. The number of amides is 1. The van der Waals surface area contributed by atoms with Crippen LogP contribution in [-0.4, -0.2) is 33.4 Å². The highest BCUT2D eigenvalue weighted by Crippen LogP contribution is 2.07. The molecule has 0 aliphatic carbocycles. The summed E-state index contributed by atoms with van der Waals surface area (Å²) in [4.78, 5) is 20.6. The van der Waals surface area contributed by atoms with E-state index in [1.165, 1.54) is 17.1 Å². The van der Waals surface area contributed by atoms with E-state index in [2.05, 4.69) is 5.10 Å². The van der Waals surface area contributed by atoms with Crippen molar-refractivity contribution in [3.63, 3.8) is 0 Å². The maximum absolute atomic E-state index is 10.5.